The van der Waals surface area contributed by atoms with Crippen LogP contribution in [0.15, 0.2) is 30.5 Å². The number of benzene rings is 1. The summed E-state index contributed by atoms with van der Waals surface area (Å²) < 4.78 is 25.1. The van der Waals surface area contributed by atoms with Crippen molar-refractivity contribution in [3.05, 3.63) is 41.8 Å². The molecule has 0 amide bonds. The van der Waals surface area contributed by atoms with E-state index in [4.69, 9.17) is 9.47 Å². The van der Waals surface area contributed by atoms with Gasteiger partial charge in [-0.05, 0) is 35.4 Å². The first-order valence-electron chi connectivity index (χ1n) is 5.87. The molecule has 0 saturated heterocycles. The van der Waals surface area contributed by atoms with Gasteiger partial charge in [0.1, 0.15) is 18.0 Å². The lowest BCUT2D eigenvalue weighted by Crippen LogP contribution is -2.09. The summed E-state index contributed by atoms with van der Waals surface area (Å²) in [6, 6.07) is 5.95. The molecule has 1 heterocycles. The van der Waals surface area contributed by atoms with E-state index in [1.807, 2.05) is 0 Å². The second kappa shape index (κ2) is 6.98. The summed E-state index contributed by atoms with van der Waals surface area (Å²) in [6.07, 6.45) is 1.58. The number of nitrogens with zero attached hydrogens (tertiary/aromatic N) is 2. The molecule has 0 N–H and O–H groups in total. The number of hydrogen-bond acceptors (Lipinski definition) is 4. The summed E-state index contributed by atoms with van der Waals surface area (Å²) >= 11 is 3.87. The Morgan fingerprint density at radius 1 is 1.30 bits per heavy atom. The second-order valence-corrected chi connectivity index (χ2v) is 4.05. The van der Waals surface area contributed by atoms with Crippen molar-refractivity contribution in [3.8, 4) is 22.7 Å². The van der Waals surface area contributed by atoms with Crippen LogP contribution in [-0.4, -0.2) is 30.1 Å². The highest BCUT2D eigenvalue weighted by Gasteiger charge is 2.12. The van der Waals surface area contributed by atoms with Gasteiger partial charge in [0, 0.05) is 7.11 Å². The van der Waals surface area contributed by atoms with Crippen LogP contribution >= 0.6 is 12.6 Å². The van der Waals surface area contributed by atoms with Crippen LogP contribution in [0.1, 0.15) is 5.56 Å². The Bertz CT molecular complexity index is 629. The van der Waals surface area contributed by atoms with Gasteiger partial charge in [0.2, 0.25) is 5.88 Å². The van der Waals surface area contributed by atoms with Crippen molar-refractivity contribution in [2.75, 3.05) is 20.3 Å². The normalized spacial score (nSPS) is 9.95. The van der Waals surface area contributed by atoms with E-state index in [0.29, 0.717) is 30.3 Å². The highest BCUT2D eigenvalue weighted by atomic mass is 32.1. The monoisotopic (exact) mass is 292 g/mol. The van der Waals surface area contributed by atoms with Gasteiger partial charge in [-0.1, -0.05) is 12.6 Å². The zero-order valence-corrected chi connectivity index (χ0v) is 11.7. The minimum atomic E-state index is -0.307. The van der Waals surface area contributed by atoms with Crippen molar-refractivity contribution in [2.24, 2.45) is 0 Å². The number of halogens is 1. The molecule has 104 valence electrons. The quantitative estimate of drug-likeness (QED) is 0.522. The summed E-state index contributed by atoms with van der Waals surface area (Å²) in [5.41, 5.74) is 1.30. The van der Waals surface area contributed by atoms with E-state index in [0.717, 1.165) is 0 Å². The van der Waals surface area contributed by atoms with Gasteiger partial charge in [-0.25, -0.2) is 4.39 Å². The maximum atomic E-state index is 13.0. The van der Waals surface area contributed by atoms with E-state index in [2.05, 4.69) is 28.9 Å². The summed E-state index contributed by atoms with van der Waals surface area (Å²) in [5.74, 6) is 2.97. The Balaban J connectivity index is 2.35. The zero-order chi connectivity index (χ0) is 14.4. The third-order valence-electron chi connectivity index (χ3n) is 2.51. The molecule has 0 aliphatic heterocycles. The third kappa shape index (κ3) is 3.32. The summed E-state index contributed by atoms with van der Waals surface area (Å²) in [5, 5.41) is 6.71. The van der Waals surface area contributed by atoms with Crippen LogP contribution in [0.5, 0.6) is 5.88 Å². The van der Waals surface area contributed by atoms with Crippen LogP contribution < -0.4 is 4.74 Å². The highest BCUT2D eigenvalue weighted by molar-refractivity contribution is 7.85. The molecule has 6 heteroatoms. The molecule has 0 spiro atoms. The van der Waals surface area contributed by atoms with Crippen molar-refractivity contribution in [3.63, 3.8) is 0 Å². The molecule has 0 radical (unpaired) electrons. The van der Waals surface area contributed by atoms with E-state index >= 15 is 0 Å². The fourth-order valence-electron chi connectivity index (χ4n) is 1.61. The molecule has 4 nitrogen and oxygen atoms in total. The van der Waals surface area contributed by atoms with Gasteiger partial charge in [0.25, 0.3) is 0 Å². The van der Waals surface area contributed by atoms with Crippen LogP contribution in [0.3, 0.4) is 0 Å². The lowest BCUT2D eigenvalue weighted by Gasteiger charge is -2.09. The van der Waals surface area contributed by atoms with Crippen LogP contribution in [0.25, 0.3) is 5.69 Å². The third-order valence-corrected chi connectivity index (χ3v) is 2.62. The van der Waals surface area contributed by atoms with Crippen molar-refractivity contribution in [1.82, 2.24) is 9.78 Å². The van der Waals surface area contributed by atoms with Crippen molar-refractivity contribution in [2.45, 2.75) is 0 Å². The number of thiol groups is 1. The van der Waals surface area contributed by atoms with Gasteiger partial charge in [-0.15, -0.1) is 0 Å². The van der Waals surface area contributed by atoms with E-state index in [1.165, 1.54) is 12.1 Å². The predicted octanol–water partition coefficient (Wildman–Crippen LogP) is 2.28. The van der Waals surface area contributed by atoms with Gasteiger partial charge < -0.3 is 9.47 Å². The molecule has 1 aromatic carbocycles. The smallest absolute Gasteiger partial charge is 0.233 e. The van der Waals surface area contributed by atoms with Gasteiger partial charge >= 0.3 is 0 Å². The molecule has 2 rings (SSSR count). The summed E-state index contributed by atoms with van der Waals surface area (Å²) in [6.45, 7) is 0.812. The maximum absolute atomic E-state index is 13.0. The Morgan fingerprint density at radius 3 is 2.70 bits per heavy atom. The van der Waals surface area contributed by atoms with Crippen LogP contribution in [0.2, 0.25) is 0 Å². The molecule has 0 fully saturated rings. The van der Waals surface area contributed by atoms with E-state index in [9.17, 15) is 4.39 Å². The summed E-state index contributed by atoms with van der Waals surface area (Å²) in [7, 11) is 1.59. The van der Waals surface area contributed by atoms with E-state index in [1.54, 1.807) is 30.1 Å². The van der Waals surface area contributed by atoms with E-state index < -0.39 is 0 Å². The van der Waals surface area contributed by atoms with Crippen LogP contribution in [0.4, 0.5) is 4.39 Å². The van der Waals surface area contributed by atoms with Gasteiger partial charge in [-0.2, -0.15) is 9.78 Å². The molecule has 0 unspecified atom stereocenters. The Morgan fingerprint density at radius 2 is 2.05 bits per heavy atom. The molecule has 20 heavy (non-hydrogen) atoms. The van der Waals surface area contributed by atoms with Crippen molar-refractivity contribution < 1.29 is 13.9 Å². The van der Waals surface area contributed by atoms with Crippen molar-refractivity contribution >= 4 is 12.6 Å². The second-order valence-electron chi connectivity index (χ2n) is 3.83. The molecular weight excluding hydrogens is 279 g/mol. The molecule has 0 aliphatic carbocycles. The topological polar surface area (TPSA) is 36.3 Å². The minimum Gasteiger partial charge on any atom is -0.474 e. The predicted molar refractivity (Wildman–Crippen MR) is 76.8 cm³/mol. The molecule has 2 aromatic rings. The van der Waals surface area contributed by atoms with Gasteiger partial charge in [-0.3, -0.25) is 0 Å². The summed E-state index contributed by atoms with van der Waals surface area (Å²) in [4.78, 5) is 0. The average Bonchev–Trinajstić information content (AvgIpc) is 2.84. The van der Waals surface area contributed by atoms with Gasteiger partial charge in [0.05, 0.1) is 18.5 Å². The Kier molecular flexibility index (Phi) is 5.04. The van der Waals surface area contributed by atoms with Gasteiger partial charge in [0.15, 0.2) is 0 Å². The lowest BCUT2D eigenvalue weighted by atomic mass is 10.3. The zero-order valence-electron chi connectivity index (χ0n) is 10.8. The molecule has 1 aromatic heterocycles. The van der Waals surface area contributed by atoms with E-state index in [-0.39, 0.29) is 5.82 Å². The molecular formula is C14H13FN2O2S. The number of methoxy groups -OCH3 is 1. The fraction of sp³-hybridized carbons (Fsp3) is 0.214. The number of ether oxygens (including phenoxy) is 2. The van der Waals surface area contributed by atoms with Crippen LogP contribution in [-0.2, 0) is 4.74 Å². The SMILES string of the molecule is COCCOc1c(C#CS)cnn1-c1ccc(F)cc1. The largest absolute Gasteiger partial charge is 0.474 e. The first-order chi connectivity index (χ1) is 9.76. The number of hydrogen-bond donors (Lipinski definition) is 1. The van der Waals surface area contributed by atoms with Crippen molar-refractivity contribution in [1.29, 1.82) is 0 Å². The first-order valence-corrected chi connectivity index (χ1v) is 6.31. The number of aromatic nitrogens is 2. The van der Waals surface area contributed by atoms with Crippen LogP contribution in [0, 0.1) is 17.0 Å². The molecule has 0 aliphatic rings. The molecule has 0 atom stereocenters. The molecule has 0 bridgehead atoms. The maximum Gasteiger partial charge on any atom is 0.233 e. The highest BCUT2D eigenvalue weighted by Crippen LogP contribution is 2.22. The Hall–Kier alpha value is -1.97. The molecule has 0 saturated carbocycles. The Labute approximate surface area is 121 Å². The fourth-order valence-corrected chi connectivity index (χ4v) is 1.73. The number of rotatable bonds is 5. The first kappa shape index (κ1) is 14.4. The standard InChI is InChI=1S/C14H13FN2O2S/c1-18-7-8-19-14-11(6-9-20)10-16-17(14)13-4-2-12(15)3-5-13/h2-5,10,20H,7-8H2,1H3. The minimum absolute atomic E-state index is 0.307. The lowest BCUT2D eigenvalue weighted by molar-refractivity contribution is 0.142. The average molecular weight is 292 g/mol.